The summed E-state index contributed by atoms with van der Waals surface area (Å²) in [5, 5.41) is 1.17. The predicted molar refractivity (Wildman–Crippen MR) is 78.2 cm³/mol. The van der Waals surface area contributed by atoms with Gasteiger partial charge in [-0.25, -0.2) is 4.98 Å². The van der Waals surface area contributed by atoms with E-state index in [0.717, 1.165) is 25.0 Å². The number of benzene rings is 1. The van der Waals surface area contributed by atoms with Gasteiger partial charge in [0.1, 0.15) is 0 Å². The van der Waals surface area contributed by atoms with E-state index in [4.69, 9.17) is 5.73 Å². The highest BCUT2D eigenvalue weighted by Gasteiger charge is 2.09. The third-order valence-electron chi connectivity index (χ3n) is 3.15. The summed E-state index contributed by atoms with van der Waals surface area (Å²) in [6.45, 7) is 4.98. The van der Waals surface area contributed by atoms with Crippen LogP contribution in [-0.2, 0) is 19.3 Å². The lowest BCUT2D eigenvalue weighted by atomic mass is 10.0. The number of thiazole rings is 1. The molecule has 96 valence electrons. The highest BCUT2D eigenvalue weighted by Crippen LogP contribution is 2.23. The molecule has 0 atom stereocenters. The Kier molecular flexibility index (Phi) is 4.50. The number of nitrogens with two attached hydrogens (primary N) is 1. The molecule has 0 saturated carbocycles. The van der Waals surface area contributed by atoms with Gasteiger partial charge in [0.05, 0.1) is 10.7 Å². The van der Waals surface area contributed by atoms with Crippen molar-refractivity contribution in [2.45, 2.75) is 33.1 Å². The second kappa shape index (κ2) is 6.12. The van der Waals surface area contributed by atoms with Gasteiger partial charge in [-0.15, -0.1) is 11.3 Å². The number of aryl methyl sites for hydroxylation is 2. The van der Waals surface area contributed by atoms with Gasteiger partial charge < -0.3 is 5.73 Å². The molecule has 0 aliphatic carbocycles. The van der Waals surface area contributed by atoms with Crippen LogP contribution < -0.4 is 5.73 Å². The molecule has 0 saturated heterocycles. The van der Waals surface area contributed by atoms with Crippen molar-refractivity contribution in [1.29, 1.82) is 0 Å². The molecule has 3 heteroatoms. The first-order chi connectivity index (χ1) is 8.74. The molecule has 0 radical (unpaired) electrons. The summed E-state index contributed by atoms with van der Waals surface area (Å²) in [5.74, 6) is 0. The number of hydrogen-bond donors (Lipinski definition) is 1. The molecule has 0 bridgehead atoms. The van der Waals surface area contributed by atoms with Crippen molar-refractivity contribution in [3.05, 3.63) is 51.0 Å². The molecule has 2 aromatic rings. The third kappa shape index (κ3) is 2.98. The summed E-state index contributed by atoms with van der Waals surface area (Å²) in [5.41, 5.74) is 9.60. The molecule has 0 spiro atoms. The lowest BCUT2D eigenvalue weighted by molar-refractivity contribution is 0.943. The second-order valence-corrected chi connectivity index (χ2v) is 5.62. The Balaban J connectivity index is 2.22. The van der Waals surface area contributed by atoms with Crippen LogP contribution >= 0.6 is 11.3 Å². The smallest absolute Gasteiger partial charge is 0.0943 e. The fourth-order valence-electron chi connectivity index (χ4n) is 2.13. The molecule has 0 unspecified atom stereocenters. The summed E-state index contributed by atoms with van der Waals surface area (Å²) in [4.78, 5) is 5.96. The van der Waals surface area contributed by atoms with Crippen LogP contribution in [0.2, 0.25) is 0 Å². The summed E-state index contributed by atoms with van der Waals surface area (Å²) in [6, 6.07) is 8.67. The standard InChI is InChI=1S/C15H20N2S/c1-3-12-6-4-5-7-13(12)10-14-11(2)17-15(18-14)8-9-16/h4-7H,3,8-10,16H2,1-2H3. The van der Waals surface area contributed by atoms with E-state index in [1.54, 1.807) is 11.3 Å². The van der Waals surface area contributed by atoms with Crippen LogP contribution in [0.4, 0.5) is 0 Å². The zero-order valence-electron chi connectivity index (χ0n) is 11.1. The molecule has 2 nitrogen and oxygen atoms in total. The third-order valence-corrected chi connectivity index (χ3v) is 4.36. The van der Waals surface area contributed by atoms with E-state index in [1.165, 1.54) is 21.0 Å². The molecule has 18 heavy (non-hydrogen) atoms. The van der Waals surface area contributed by atoms with Crippen molar-refractivity contribution >= 4 is 11.3 Å². The summed E-state index contributed by atoms with van der Waals surface area (Å²) in [7, 11) is 0. The van der Waals surface area contributed by atoms with E-state index in [1.807, 2.05) is 0 Å². The lowest BCUT2D eigenvalue weighted by Crippen LogP contribution is -2.01. The van der Waals surface area contributed by atoms with Gasteiger partial charge in [-0.1, -0.05) is 31.2 Å². The molecule has 2 rings (SSSR count). The minimum absolute atomic E-state index is 0.679. The normalized spacial score (nSPS) is 10.8. The average Bonchev–Trinajstić information content (AvgIpc) is 2.71. The van der Waals surface area contributed by atoms with Crippen molar-refractivity contribution in [2.75, 3.05) is 6.54 Å². The molecule has 1 aromatic heterocycles. The molecule has 0 aliphatic heterocycles. The predicted octanol–water partition coefficient (Wildman–Crippen LogP) is 3.11. The molecule has 1 heterocycles. The Hall–Kier alpha value is -1.19. The van der Waals surface area contributed by atoms with Crippen molar-refractivity contribution < 1.29 is 0 Å². The molecular weight excluding hydrogens is 240 g/mol. The van der Waals surface area contributed by atoms with Gasteiger partial charge in [-0.3, -0.25) is 0 Å². The van der Waals surface area contributed by atoms with Gasteiger partial charge in [-0.2, -0.15) is 0 Å². The zero-order valence-corrected chi connectivity index (χ0v) is 11.9. The second-order valence-electron chi connectivity index (χ2n) is 4.45. The van der Waals surface area contributed by atoms with Crippen molar-refractivity contribution in [3.8, 4) is 0 Å². The molecule has 2 N–H and O–H groups in total. The van der Waals surface area contributed by atoms with Crippen LogP contribution in [0, 0.1) is 6.92 Å². The quantitative estimate of drug-likeness (QED) is 0.897. The molecule has 0 aliphatic rings. The van der Waals surface area contributed by atoms with Gasteiger partial charge >= 0.3 is 0 Å². The van der Waals surface area contributed by atoms with E-state index >= 15 is 0 Å². The van der Waals surface area contributed by atoms with E-state index in [9.17, 15) is 0 Å². The highest BCUT2D eigenvalue weighted by atomic mass is 32.1. The summed E-state index contributed by atoms with van der Waals surface area (Å²) < 4.78 is 0. The Morgan fingerprint density at radius 3 is 2.61 bits per heavy atom. The number of rotatable bonds is 5. The minimum Gasteiger partial charge on any atom is -0.330 e. The van der Waals surface area contributed by atoms with E-state index in [-0.39, 0.29) is 0 Å². The Bertz CT molecular complexity index is 517. The van der Waals surface area contributed by atoms with Gasteiger partial charge in [0.2, 0.25) is 0 Å². The summed E-state index contributed by atoms with van der Waals surface area (Å²) >= 11 is 1.81. The zero-order chi connectivity index (χ0) is 13.0. The van der Waals surface area contributed by atoms with E-state index in [0.29, 0.717) is 6.54 Å². The molecule has 1 aromatic carbocycles. The lowest BCUT2D eigenvalue weighted by Gasteiger charge is -2.06. The monoisotopic (exact) mass is 260 g/mol. The van der Waals surface area contributed by atoms with Gasteiger partial charge in [0.15, 0.2) is 0 Å². The van der Waals surface area contributed by atoms with Crippen LogP contribution in [0.25, 0.3) is 0 Å². The van der Waals surface area contributed by atoms with Crippen LogP contribution in [0.3, 0.4) is 0 Å². The average molecular weight is 260 g/mol. The van der Waals surface area contributed by atoms with Crippen molar-refractivity contribution in [3.63, 3.8) is 0 Å². The topological polar surface area (TPSA) is 38.9 Å². The van der Waals surface area contributed by atoms with Gasteiger partial charge in [0, 0.05) is 17.7 Å². The fraction of sp³-hybridized carbons (Fsp3) is 0.400. The molecule has 0 fully saturated rings. The van der Waals surface area contributed by atoms with Crippen LogP contribution in [0.5, 0.6) is 0 Å². The maximum absolute atomic E-state index is 5.58. The van der Waals surface area contributed by atoms with Gasteiger partial charge in [0.25, 0.3) is 0 Å². The largest absolute Gasteiger partial charge is 0.330 e. The van der Waals surface area contributed by atoms with Crippen LogP contribution in [0.15, 0.2) is 24.3 Å². The SMILES string of the molecule is CCc1ccccc1Cc1sc(CCN)nc1C. The maximum Gasteiger partial charge on any atom is 0.0943 e. The van der Waals surface area contributed by atoms with E-state index in [2.05, 4.69) is 43.1 Å². The number of nitrogens with zero attached hydrogens (tertiary/aromatic N) is 1. The fourth-order valence-corrected chi connectivity index (χ4v) is 3.24. The van der Waals surface area contributed by atoms with Crippen molar-refractivity contribution in [1.82, 2.24) is 4.98 Å². The Morgan fingerprint density at radius 1 is 1.22 bits per heavy atom. The molecular formula is C15H20N2S. The molecule has 0 amide bonds. The van der Waals surface area contributed by atoms with Crippen LogP contribution in [-0.4, -0.2) is 11.5 Å². The first-order valence-corrected chi connectivity index (χ1v) is 7.28. The summed E-state index contributed by atoms with van der Waals surface area (Å²) in [6.07, 6.45) is 2.97. The number of aromatic nitrogens is 1. The van der Waals surface area contributed by atoms with Crippen molar-refractivity contribution in [2.24, 2.45) is 5.73 Å². The minimum atomic E-state index is 0.679. The first kappa shape index (κ1) is 13.2. The maximum atomic E-state index is 5.58. The Labute approximate surface area is 113 Å². The number of hydrogen-bond acceptors (Lipinski definition) is 3. The van der Waals surface area contributed by atoms with Gasteiger partial charge in [-0.05, 0) is 31.0 Å². The first-order valence-electron chi connectivity index (χ1n) is 6.46. The Morgan fingerprint density at radius 2 is 1.94 bits per heavy atom. The highest BCUT2D eigenvalue weighted by molar-refractivity contribution is 7.11. The van der Waals surface area contributed by atoms with E-state index < -0.39 is 0 Å². The van der Waals surface area contributed by atoms with Crippen LogP contribution in [0.1, 0.15) is 33.6 Å².